The van der Waals surface area contributed by atoms with Gasteiger partial charge in [-0.25, -0.2) is 0 Å². The zero-order chi connectivity index (χ0) is 9.23. The average molecular weight is 159 g/mol. The van der Waals surface area contributed by atoms with Gasteiger partial charge < -0.3 is 0 Å². The molecule has 1 atom stereocenters. The van der Waals surface area contributed by atoms with Crippen LogP contribution in [0.4, 0.5) is 0 Å². The van der Waals surface area contributed by atoms with Gasteiger partial charge in [-0.1, -0.05) is 20.8 Å². The van der Waals surface area contributed by atoms with Gasteiger partial charge in [-0.15, -0.1) is 0 Å². The van der Waals surface area contributed by atoms with Crippen molar-refractivity contribution in [2.45, 2.75) is 40.2 Å². The first kappa shape index (κ1) is 10.4. The van der Waals surface area contributed by atoms with Gasteiger partial charge in [-0.2, -0.15) is 0 Å². The molecular formula is C8H17NO2. The summed E-state index contributed by atoms with van der Waals surface area (Å²) in [5.41, 5.74) is -0.797. The van der Waals surface area contributed by atoms with Crippen molar-refractivity contribution in [3.05, 3.63) is 10.1 Å². The Bertz CT molecular complexity index is 152. The van der Waals surface area contributed by atoms with Crippen molar-refractivity contribution in [3.63, 3.8) is 0 Å². The summed E-state index contributed by atoms with van der Waals surface area (Å²) in [6.45, 7) is 9.30. The van der Waals surface area contributed by atoms with Crippen molar-refractivity contribution in [3.8, 4) is 0 Å². The highest BCUT2D eigenvalue weighted by Gasteiger charge is 2.39. The summed E-state index contributed by atoms with van der Waals surface area (Å²) in [4.78, 5) is 10.4. The van der Waals surface area contributed by atoms with Crippen LogP contribution in [0.15, 0.2) is 0 Å². The first-order chi connectivity index (χ1) is 4.80. The molecule has 0 rings (SSSR count). The summed E-state index contributed by atoms with van der Waals surface area (Å²) in [5.74, 6) is 0.466. The maximum Gasteiger partial charge on any atom is 0.219 e. The predicted molar refractivity (Wildman–Crippen MR) is 45.1 cm³/mol. The van der Waals surface area contributed by atoms with Gasteiger partial charge in [-0.05, 0) is 5.92 Å². The van der Waals surface area contributed by atoms with Crippen LogP contribution in [0, 0.1) is 22.0 Å². The van der Waals surface area contributed by atoms with Gasteiger partial charge in [0.2, 0.25) is 5.54 Å². The Labute approximate surface area is 67.9 Å². The first-order valence-electron chi connectivity index (χ1n) is 3.94. The Morgan fingerprint density at radius 3 is 1.73 bits per heavy atom. The van der Waals surface area contributed by atoms with Gasteiger partial charge >= 0.3 is 0 Å². The molecule has 0 amide bonds. The summed E-state index contributed by atoms with van der Waals surface area (Å²) >= 11 is 0. The largest absolute Gasteiger partial charge is 0.264 e. The van der Waals surface area contributed by atoms with Crippen molar-refractivity contribution in [2.75, 3.05) is 0 Å². The number of hydrogen-bond acceptors (Lipinski definition) is 2. The monoisotopic (exact) mass is 159 g/mol. The van der Waals surface area contributed by atoms with Gasteiger partial charge in [0, 0.05) is 24.7 Å². The van der Waals surface area contributed by atoms with E-state index in [9.17, 15) is 10.1 Å². The Balaban J connectivity index is 4.42. The Morgan fingerprint density at radius 1 is 1.27 bits per heavy atom. The molecule has 0 heterocycles. The van der Waals surface area contributed by atoms with Crippen LogP contribution in [0.2, 0.25) is 0 Å². The van der Waals surface area contributed by atoms with Crippen LogP contribution in [0.3, 0.4) is 0 Å². The third-order valence-corrected chi connectivity index (χ3v) is 2.58. The van der Waals surface area contributed by atoms with E-state index in [1.165, 1.54) is 0 Å². The number of nitro groups is 1. The molecule has 0 aromatic carbocycles. The molecule has 0 aromatic heterocycles. The molecule has 0 spiro atoms. The lowest BCUT2D eigenvalue weighted by atomic mass is 9.81. The van der Waals surface area contributed by atoms with Crippen LogP contribution in [-0.4, -0.2) is 10.5 Å². The van der Waals surface area contributed by atoms with E-state index in [1.54, 1.807) is 13.8 Å². The zero-order valence-electron chi connectivity index (χ0n) is 7.92. The third kappa shape index (κ3) is 2.17. The molecule has 0 saturated heterocycles. The minimum absolute atomic E-state index is 0.109. The van der Waals surface area contributed by atoms with Crippen LogP contribution >= 0.6 is 0 Å². The summed E-state index contributed by atoms with van der Waals surface area (Å²) < 4.78 is 0. The minimum atomic E-state index is -0.797. The lowest BCUT2D eigenvalue weighted by Gasteiger charge is -2.26. The molecule has 0 aliphatic heterocycles. The highest BCUT2D eigenvalue weighted by molar-refractivity contribution is 4.76. The summed E-state index contributed by atoms with van der Waals surface area (Å²) in [7, 11) is 0. The van der Waals surface area contributed by atoms with E-state index in [2.05, 4.69) is 0 Å². The van der Waals surface area contributed by atoms with E-state index >= 15 is 0 Å². The van der Waals surface area contributed by atoms with Crippen LogP contribution in [0.25, 0.3) is 0 Å². The third-order valence-electron chi connectivity index (χ3n) is 2.58. The molecule has 3 heteroatoms. The highest BCUT2D eigenvalue weighted by atomic mass is 16.6. The van der Waals surface area contributed by atoms with E-state index < -0.39 is 5.54 Å². The normalized spacial score (nSPS) is 15.1. The molecule has 0 fully saturated rings. The second-order valence-corrected chi connectivity index (χ2v) is 3.94. The molecule has 0 aliphatic carbocycles. The van der Waals surface area contributed by atoms with Crippen LogP contribution in [-0.2, 0) is 0 Å². The molecule has 0 saturated carbocycles. The lowest BCUT2D eigenvalue weighted by Crippen LogP contribution is -2.40. The molecule has 11 heavy (non-hydrogen) atoms. The molecule has 1 unspecified atom stereocenters. The Morgan fingerprint density at radius 2 is 1.64 bits per heavy atom. The SMILES string of the molecule is CC(C)C(C)C(C)(C)[N+](=O)[O-]. The fourth-order valence-electron chi connectivity index (χ4n) is 0.982. The Hall–Kier alpha value is -0.600. The average Bonchev–Trinajstić information content (AvgIpc) is 1.85. The van der Waals surface area contributed by atoms with Gasteiger partial charge in [0.25, 0.3) is 0 Å². The summed E-state index contributed by atoms with van der Waals surface area (Å²) in [6, 6.07) is 0. The fourth-order valence-corrected chi connectivity index (χ4v) is 0.982. The van der Waals surface area contributed by atoms with Crippen LogP contribution < -0.4 is 0 Å². The molecule has 0 aliphatic rings. The van der Waals surface area contributed by atoms with E-state index in [1.807, 2.05) is 20.8 Å². The standard InChI is InChI=1S/C8H17NO2/c1-6(2)7(3)8(4,5)9(10)11/h6-7H,1-5H3. The lowest BCUT2D eigenvalue weighted by molar-refractivity contribution is -0.572. The van der Waals surface area contributed by atoms with E-state index in [4.69, 9.17) is 0 Å². The highest BCUT2D eigenvalue weighted by Crippen LogP contribution is 2.26. The van der Waals surface area contributed by atoms with Crippen molar-refractivity contribution >= 4 is 0 Å². The first-order valence-corrected chi connectivity index (χ1v) is 3.94. The summed E-state index contributed by atoms with van der Waals surface area (Å²) in [6.07, 6.45) is 0. The predicted octanol–water partition coefficient (Wildman–Crippen LogP) is 2.33. The molecule has 66 valence electrons. The second-order valence-electron chi connectivity index (χ2n) is 3.94. The minimum Gasteiger partial charge on any atom is -0.264 e. The van der Waals surface area contributed by atoms with Crippen LogP contribution in [0.5, 0.6) is 0 Å². The van der Waals surface area contributed by atoms with E-state index in [0.717, 1.165) is 0 Å². The molecule has 0 radical (unpaired) electrons. The molecule has 0 bridgehead atoms. The molecule has 3 nitrogen and oxygen atoms in total. The Kier molecular flexibility index (Phi) is 3.02. The number of hydrogen-bond donors (Lipinski definition) is 0. The van der Waals surface area contributed by atoms with E-state index in [-0.39, 0.29) is 10.8 Å². The van der Waals surface area contributed by atoms with Gasteiger partial charge in [0.15, 0.2) is 0 Å². The number of nitrogens with zero attached hydrogens (tertiary/aromatic N) is 1. The maximum absolute atomic E-state index is 10.6. The van der Waals surface area contributed by atoms with Crippen LogP contribution in [0.1, 0.15) is 34.6 Å². The zero-order valence-corrected chi connectivity index (χ0v) is 7.92. The van der Waals surface area contributed by atoms with Gasteiger partial charge in [0.05, 0.1) is 0 Å². The quantitative estimate of drug-likeness (QED) is 0.468. The smallest absolute Gasteiger partial charge is 0.219 e. The summed E-state index contributed by atoms with van der Waals surface area (Å²) in [5, 5.41) is 10.6. The van der Waals surface area contributed by atoms with Crippen molar-refractivity contribution in [1.29, 1.82) is 0 Å². The van der Waals surface area contributed by atoms with Gasteiger partial charge in [0.1, 0.15) is 0 Å². The van der Waals surface area contributed by atoms with E-state index in [0.29, 0.717) is 5.92 Å². The maximum atomic E-state index is 10.6. The number of rotatable bonds is 3. The van der Waals surface area contributed by atoms with Crippen molar-refractivity contribution in [2.24, 2.45) is 11.8 Å². The molecule has 0 N–H and O–H groups in total. The molecule has 0 aromatic rings. The van der Waals surface area contributed by atoms with Crippen molar-refractivity contribution in [1.82, 2.24) is 0 Å². The van der Waals surface area contributed by atoms with Crippen molar-refractivity contribution < 1.29 is 4.92 Å². The molecular weight excluding hydrogens is 142 g/mol. The van der Waals surface area contributed by atoms with Gasteiger partial charge in [-0.3, -0.25) is 10.1 Å². The topological polar surface area (TPSA) is 43.1 Å². The second kappa shape index (κ2) is 3.20. The fraction of sp³-hybridized carbons (Fsp3) is 1.00.